The molecule has 0 atom stereocenters. The lowest BCUT2D eigenvalue weighted by molar-refractivity contribution is 0.102. The van der Waals surface area contributed by atoms with Crippen LogP contribution in [0.4, 0.5) is 15.8 Å². The first-order valence-electron chi connectivity index (χ1n) is 6.30. The van der Waals surface area contributed by atoms with Gasteiger partial charge in [0.25, 0.3) is 5.91 Å². The molecule has 0 aromatic heterocycles. The van der Waals surface area contributed by atoms with E-state index in [4.69, 9.17) is 22.1 Å². The number of carbonyl (C=O) groups excluding carboxylic acids is 1. The van der Waals surface area contributed by atoms with Crippen LogP contribution in [-0.4, -0.2) is 12.5 Å². The number of anilines is 2. The highest BCUT2D eigenvalue weighted by Crippen LogP contribution is 2.24. The normalized spacial score (nSPS) is 10.2. The van der Waals surface area contributed by atoms with Gasteiger partial charge >= 0.3 is 0 Å². The molecule has 0 saturated heterocycles. The van der Waals surface area contributed by atoms with Crippen molar-refractivity contribution in [2.75, 3.05) is 17.7 Å². The highest BCUT2D eigenvalue weighted by molar-refractivity contribution is 6.30. The molecule has 0 saturated carbocycles. The van der Waals surface area contributed by atoms with Crippen LogP contribution < -0.4 is 15.8 Å². The Balaban J connectivity index is 2.18. The zero-order valence-electron chi connectivity index (χ0n) is 11.3. The van der Waals surface area contributed by atoms with Crippen molar-refractivity contribution >= 4 is 28.9 Å². The van der Waals surface area contributed by atoms with Gasteiger partial charge in [-0.2, -0.15) is 0 Å². The van der Waals surface area contributed by atoms with Crippen LogP contribution in [0.5, 0.6) is 5.75 Å². The number of hydrogen-bond acceptors (Lipinski definition) is 3. The number of nitrogen functional groups attached to an aromatic ring is 1. The predicted molar refractivity (Wildman–Crippen MR) is 81.4 cm³/mol. The van der Waals surface area contributed by atoms with E-state index in [9.17, 15) is 9.18 Å². The first-order valence-corrected chi connectivity index (χ1v) is 6.67. The molecule has 0 aliphatic rings. The highest BCUT2D eigenvalue weighted by Gasteiger charge is 2.11. The van der Waals surface area contributed by atoms with Gasteiger partial charge in [-0.3, -0.25) is 4.79 Å². The summed E-state index contributed by atoms with van der Waals surface area (Å²) in [5.41, 5.74) is 6.50. The average Bonchev–Trinajstić information content (AvgIpc) is 2.44. The van der Waals surface area contributed by atoms with Crippen LogP contribution in [0.1, 0.15) is 17.3 Å². The minimum atomic E-state index is -0.602. The van der Waals surface area contributed by atoms with Crippen molar-refractivity contribution in [1.82, 2.24) is 0 Å². The first kappa shape index (κ1) is 15.1. The summed E-state index contributed by atoms with van der Waals surface area (Å²) in [6.07, 6.45) is 0. The van der Waals surface area contributed by atoms with E-state index in [2.05, 4.69) is 5.32 Å². The molecule has 3 N–H and O–H groups in total. The van der Waals surface area contributed by atoms with Crippen LogP contribution in [0.2, 0.25) is 5.02 Å². The Morgan fingerprint density at radius 3 is 2.71 bits per heavy atom. The van der Waals surface area contributed by atoms with Gasteiger partial charge in [-0.15, -0.1) is 0 Å². The zero-order chi connectivity index (χ0) is 15.4. The topological polar surface area (TPSA) is 64.3 Å². The lowest BCUT2D eigenvalue weighted by Gasteiger charge is -2.10. The molecule has 0 aliphatic heterocycles. The number of hydrogen-bond donors (Lipinski definition) is 2. The van der Waals surface area contributed by atoms with Gasteiger partial charge in [-0.05, 0) is 43.3 Å². The Labute approximate surface area is 126 Å². The molecule has 6 heteroatoms. The summed E-state index contributed by atoms with van der Waals surface area (Å²) in [5.74, 6) is -0.563. The molecule has 0 fully saturated rings. The molecule has 0 aliphatic carbocycles. The maximum absolute atomic E-state index is 13.6. The van der Waals surface area contributed by atoms with E-state index in [-0.39, 0.29) is 10.7 Å². The number of benzene rings is 2. The Morgan fingerprint density at radius 2 is 2.10 bits per heavy atom. The Kier molecular flexibility index (Phi) is 4.65. The van der Waals surface area contributed by atoms with E-state index in [0.29, 0.717) is 23.6 Å². The quantitative estimate of drug-likeness (QED) is 0.846. The van der Waals surface area contributed by atoms with Crippen LogP contribution in [0.3, 0.4) is 0 Å². The van der Waals surface area contributed by atoms with Crippen LogP contribution >= 0.6 is 11.6 Å². The third-order valence-corrected chi connectivity index (χ3v) is 2.99. The summed E-state index contributed by atoms with van der Waals surface area (Å²) in [4.78, 5) is 12.1. The maximum Gasteiger partial charge on any atom is 0.255 e. The number of halogens is 2. The van der Waals surface area contributed by atoms with Crippen LogP contribution in [0.15, 0.2) is 36.4 Å². The molecule has 110 valence electrons. The lowest BCUT2D eigenvalue weighted by atomic mass is 10.1. The monoisotopic (exact) mass is 308 g/mol. The number of carbonyl (C=O) groups is 1. The van der Waals surface area contributed by atoms with E-state index < -0.39 is 11.7 Å². The maximum atomic E-state index is 13.6. The molecular weight excluding hydrogens is 295 g/mol. The van der Waals surface area contributed by atoms with Gasteiger partial charge in [0.2, 0.25) is 0 Å². The summed E-state index contributed by atoms with van der Waals surface area (Å²) in [7, 11) is 0. The van der Waals surface area contributed by atoms with Crippen LogP contribution in [-0.2, 0) is 0 Å². The van der Waals surface area contributed by atoms with Crippen molar-refractivity contribution in [1.29, 1.82) is 0 Å². The van der Waals surface area contributed by atoms with Gasteiger partial charge in [0, 0.05) is 10.6 Å². The molecule has 0 radical (unpaired) electrons. The third-order valence-electron chi connectivity index (χ3n) is 2.75. The van der Waals surface area contributed by atoms with E-state index in [1.54, 1.807) is 12.1 Å². The van der Waals surface area contributed by atoms with E-state index in [0.717, 1.165) is 6.07 Å². The van der Waals surface area contributed by atoms with Crippen molar-refractivity contribution in [2.45, 2.75) is 6.92 Å². The standard InChI is InChI=1S/C15H14ClFN2O2/c1-2-21-14-6-3-9(7-12(14)18)15(20)19-13-5-4-10(16)8-11(13)17/h3-8H,2,18H2,1H3,(H,19,20). The van der Waals surface area contributed by atoms with E-state index in [1.165, 1.54) is 18.2 Å². The molecule has 1 amide bonds. The van der Waals surface area contributed by atoms with E-state index in [1.807, 2.05) is 6.92 Å². The Bertz CT molecular complexity index is 677. The summed E-state index contributed by atoms with van der Waals surface area (Å²) >= 11 is 5.66. The summed E-state index contributed by atoms with van der Waals surface area (Å²) in [5, 5.41) is 2.72. The summed E-state index contributed by atoms with van der Waals surface area (Å²) in [6, 6.07) is 8.66. The molecule has 4 nitrogen and oxygen atoms in total. The summed E-state index contributed by atoms with van der Waals surface area (Å²) < 4.78 is 18.9. The molecule has 2 aromatic rings. The van der Waals surface area contributed by atoms with Crippen molar-refractivity contribution in [3.8, 4) is 5.75 Å². The molecule has 21 heavy (non-hydrogen) atoms. The molecule has 2 rings (SSSR count). The Hall–Kier alpha value is -2.27. The fourth-order valence-electron chi connectivity index (χ4n) is 1.76. The van der Waals surface area contributed by atoms with Crippen LogP contribution in [0.25, 0.3) is 0 Å². The lowest BCUT2D eigenvalue weighted by Crippen LogP contribution is -2.13. The number of rotatable bonds is 4. The van der Waals surface area contributed by atoms with Gasteiger partial charge < -0.3 is 15.8 Å². The van der Waals surface area contributed by atoms with Crippen molar-refractivity contribution in [3.63, 3.8) is 0 Å². The van der Waals surface area contributed by atoms with Crippen molar-refractivity contribution < 1.29 is 13.9 Å². The van der Waals surface area contributed by atoms with E-state index >= 15 is 0 Å². The molecule has 0 unspecified atom stereocenters. The smallest absolute Gasteiger partial charge is 0.255 e. The highest BCUT2D eigenvalue weighted by atomic mass is 35.5. The first-order chi connectivity index (χ1) is 10.0. The number of ether oxygens (including phenoxy) is 1. The zero-order valence-corrected chi connectivity index (χ0v) is 12.1. The average molecular weight is 309 g/mol. The number of nitrogens with two attached hydrogens (primary N) is 1. The minimum Gasteiger partial charge on any atom is -0.492 e. The van der Waals surface area contributed by atoms with Gasteiger partial charge in [-0.1, -0.05) is 11.6 Å². The van der Waals surface area contributed by atoms with Crippen LogP contribution in [0, 0.1) is 5.82 Å². The SMILES string of the molecule is CCOc1ccc(C(=O)Nc2ccc(Cl)cc2F)cc1N. The third kappa shape index (κ3) is 3.64. The second-order valence-corrected chi connectivity index (χ2v) is 4.70. The van der Waals surface area contributed by atoms with Crippen molar-refractivity contribution in [2.24, 2.45) is 0 Å². The predicted octanol–water partition coefficient (Wildman–Crippen LogP) is 3.71. The molecule has 0 spiro atoms. The molecule has 2 aromatic carbocycles. The fraction of sp³-hybridized carbons (Fsp3) is 0.133. The molecule has 0 bridgehead atoms. The number of amides is 1. The van der Waals surface area contributed by atoms with Gasteiger partial charge in [0.1, 0.15) is 11.6 Å². The minimum absolute atomic E-state index is 0.0526. The van der Waals surface area contributed by atoms with Gasteiger partial charge in [-0.25, -0.2) is 4.39 Å². The second-order valence-electron chi connectivity index (χ2n) is 4.26. The Morgan fingerprint density at radius 1 is 1.33 bits per heavy atom. The molecular formula is C15H14ClFN2O2. The van der Waals surface area contributed by atoms with Crippen molar-refractivity contribution in [3.05, 3.63) is 52.8 Å². The fourth-order valence-corrected chi connectivity index (χ4v) is 1.92. The van der Waals surface area contributed by atoms with Gasteiger partial charge in [0.05, 0.1) is 18.0 Å². The molecule has 0 heterocycles. The second kappa shape index (κ2) is 6.45. The summed E-state index contributed by atoms with van der Waals surface area (Å²) in [6.45, 7) is 2.31. The number of nitrogens with one attached hydrogen (secondary N) is 1. The van der Waals surface area contributed by atoms with Gasteiger partial charge in [0.15, 0.2) is 0 Å². The largest absolute Gasteiger partial charge is 0.492 e.